The van der Waals surface area contributed by atoms with Crippen LogP contribution in [-0.4, -0.2) is 18.0 Å². The van der Waals surface area contributed by atoms with Gasteiger partial charge in [0.25, 0.3) is 0 Å². The summed E-state index contributed by atoms with van der Waals surface area (Å²) in [5.74, 6) is 0.798. The van der Waals surface area contributed by atoms with Gasteiger partial charge < -0.3 is 0 Å². The highest BCUT2D eigenvalue weighted by Gasteiger charge is 2.06. The number of hydrogen-bond donors (Lipinski definition) is 0. The van der Waals surface area contributed by atoms with Gasteiger partial charge in [0.05, 0.1) is 0 Å². The number of nitrogens with zero attached hydrogens (tertiary/aromatic N) is 1. The maximum absolute atomic E-state index is 2.58. The monoisotopic (exact) mass is 233 g/mol. The zero-order chi connectivity index (χ0) is 12.7. The fourth-order valence-electron chi connectivity index (χ4n) is 2.10. The van der Waals surface area contributed by atoms with E-state index in [0.717, 1.165) is 12.5 Å². The van der Waals surface area contributed by atoms with Crippen LogP contribution in [-0.2, 0) is 6.54 Å². The lowest BCUT2D eigenvalue weighted by Crippen LogP contribution is -2.26. The lowest BCUT2D eigenvalue weighted by molar-refractivity contribution is 0.250. The summed E-state index contributed by atoms with van der Waals surface area (Å²) in [6, 6.07) is 8.88. The van der Waals surface area contributed by atoms with E-state index in [9.17, 15) is 0 Å². The predicted molar refractivity (Wildman–Crippen MR) is 76.2 cm³/mol. The van der Waals surface area contributed by atoms with Gasteiger partial charge in [-0.15, -0.1) is 0 Å². The molecule has 0 saturated carbocycles. The average Bonchev–Trinajstić information content (AvgIpc) is 2.26. The molecule has 0 bridgehead atoms. The van der Waals surface area contributed by atoms with Crippen LogP contribution in [0.15, 0.2) is 24.3 Å². The summed E-state index contributed by atoms with van der Waals surface area (Å²) < 4.78 is 0. The van der Waals surface area contributed by atoms with Crippen molar-refractivity contribution in [2.45, 2.75) is 47.1 Å². The van der Waals surface area contributed by atoms with Gasteiger partial charge in [-0.1, -0.05) is 50.6 Å². The van der Waals surface area contributed by atoms with E-state index in [1.807, 2.05) is 0 Å². The Morgan fingerprint density at radius 2 is 1.94 bits per heavy atom. The Kier molecular flexibility index (Phi) is 6.28. The molecular formula is C16H27N. The average molecular weight is 233 g/mol. The minimum absolute atomic E-state index is 0.798. The van der Waals surface area contributed by atoms with Gasteiger partial charge in [-0.2, -0.15) is 0 Å². The van der Waals surface area contributed by atoms with Crippen LogP contribution in [0.1, 0.15) is 44.7 Å². The van der Waals surface area contributed by atoms with Crippen molar-refractivity contribution < 1.29 is 0 Å². The largest absolute Gasteiger partial charge is 0.299 e. The Bertz CT molecular complexity index is 317. The molecule has 1 rings (SSSR count). The molecule has 1 heteroatoms. The number of rotatable bonds is 7. The molecule has 17 heavy (non-hydrogen) atoms. The maximum atomic E-state index is 2.58. The third kappa shape index (κ3) is 5.88. The lowest BCUT2D eigenvalue weighted by atomic mass is 10.1. The molecule has 0 fully saturated rings. The van der Waals surface area contributed by atoms with Crippen molar-refractivity contribution in [3.63, 3.8) is 0 Å². The standard InChI is InChI=1S/C16H27N/c1-5-10-17(11-9-14(2)3)13-16-8-6-7-15(4)12-16/h6-8,12,14H,5,9-11,13H2,1-4H3. The van der Waals surface area contributed by atoms with E-state index in [4.69, 9.17) is 0 Å². The molecule has 0 heterocycles. The van der Waals surface area contributed by atoms with Gasteiger partial charge in [-0.25, -0.2) is 0 Å². The van der Waals surface area contributed by atoms with Gasteiger partial charge in [0.1, 0.15) is 0 Å². The van der Waals surface area contributed by atoms with Crippen LogP contribution in [0, 0.1) is 12.8 Å². The molecular weight excluding hydrogens is 206 g/mol. The Labute approximate surface area is 107 Å². The Morgan fingerprint density at radius 3 is 2.53 bits per heavy atom. The molecule has 0 aliphatic rings. The first-order chi connectivity index (χ1) is 8.11. The molecule has 1 nitrogen and oxygen atoms in total. The number of benzene rings is 1. The van der Waals surface area contributed by atoms with Gasteiger partial charge in [-0.3, -0.25) is 4.90 Å². The summed E-state index contributed by atoms with van der Waals surface area (Å²) in [4.78, 5) is 2.58. The van der Waals surface area contributed by atoms with E-state index >= 15 is 0 Å². The van der Waals surface area contributed by atoms with Crippen molar-refractivity contribution in [3.05, 3.63) is 35.4 Å². The van der Waals surface area contributed by atoms with Crippen LogP contribution in [0.25, 0.3) is 0 Å². The molecule has 0 unspecified atom stereocenters. The summed E-state index contributed by atoms with van der Waals surface area (Å²) in [7, 11) is 0. The normalized spacial score (nSPS) is 11.4. The van der Waals surface area contributed by atoms with E-state index in [2.05, 4.69) is 56.9 Å². The van der Waals surface area contributed by atoms with Gasteiger partial charge in [0.15, 0.2) is 0 Å². The Balaban J connectivity index is 2.53. The summed E-state index contributed by atoms with van der Waals surface area (Å²) in [5.41, 5.74) is 2.81. The highest BCUT2D eigenvalue weighted by atomic mass is 15.1. The van der Waals surface area contributed by atoms with E-state index in [1.165, 1.54) is 37.1 Å². The van der Waals surface area contributed by atoms with Crippen LogP contribution < -0.4 is 0 Å². The molecule has 0 aromatic heterocycles. The maximum Gasteiger partial charge on any atom is 0.0233 e. The van der Waals surface area contributed by atoms with Gasteiger partial charge in [0.2, 0.25) is 0 Å². The Morgan fingerprint density at radius 1 is 1.18 bits per heavy atom. The zero-order valence-electron chi connectivity index (χ0n) is 11.9. The second kappa shape index (κ2) is 7.50. The van der Waals surface area contributed by atoms with E-state index in [0.29, 0.717) is 0 Å². The van der Waals surface area contributed by atoms with Crippen molar-refractivity contribution in [2.24, 2.45) is 5.92 Å². The fourth-order valence-corrected chi connectivity index (χ4v) is 2.10. The van der Waals surface area contributed by atoms with Crippen LogP contribution >= 0.6 is 0 Å². The first-order valence-electron chi connectivity index (χ1n) is 6.89. The quantitative estimate of drug-likeness (QED) is 0.680. The molecule has 1 aromatic rings. The smallest absolute Gasteiger partial charge is 0.0233 e. The van der Waals surface area contributed by atoms with Crippen molar-refractivity contribution in [1.29, 1.82) is 0 Å². The van der Waals surface area contributed by atoms with E-state index in [1.54, 1.807) is 0 Å². The minimum atomic E-state index is 0.798. The van der Waals surface area contributed by atoms with Gasteiger partial charge >= 0.3 is 0 Å². The molecule has 0 N–H and O–H groups in total. The highest BCUT2D eigenvalue weighted by molar-refractivity contribution is 5.22. The number of aryl methyl sites for hydroxylation is 1. The van der Waals surface area contributed by atoms with Crippen molar-refractivity contribution in [3.8, 4) is 0 Å². The van der Waals surface area contributed by atoms with Crippen molar-refractivity contribution in [1.82, 2.24) is 4.90 Å². The summed E-state index contributed by atoms with van der Waals surface area (Å²) in [5, 5.41) is 0. The third-order valence-corrected chi connectivity index (χ3v) is 3.05. The highest BCUT2D eigenvalue weighted by Crippen LogP contribution is 2.10. The van der Waals surface area contributed by atoms with Crippen LogP contribution in [0.2, 0.25) is 0 Å². The van der Waals surface area contributed by atoms with Crippen LogP contribution in [0.3, 0.4) is 0 Å². The number of hydrogen-bond acceptors (Lipinski definition) is 1. The SMILES string of the molecule is CCCN(CCC(C)C)Cc1cccc(C)c1. The third-order valence-electron chi connectivity index (χ3n) is 3.05. The van der Waals surface area contributed by atoms with Gasteiger partial charge in [0, 0.05) is 6.54 Å². The molecule has 0 saturated heterocycles. The van der Waals surface area contributed by atoms with Gasteiger partial charge in [-0.05, 0) is 44.3 Å². The summed E-state index contributed by atoms with van der Waals surface area (Å²) >= 11 is 0. The molecule has 0 spiro atoms. The van der Waals surface area contributed by atoms with Crippen molar-refractivity contribution in [2.75, 3.05) is 13.1 Å². The first kappa shape index (κ1) is 14.2. The second-order valence-corrected chi connectivity index (χ2v) is 5.45. The topological polar surface area (TPSA) is 3.24 Å². The molecule has 1 aromatic carbocycles. The second-order valence-electron chi connectivity index (χ2n) is 5.45. The van der Waals surface area contributed by atoms with Crippen molar-refractivity contribution >= 4 is 0 Å². The van der Waals surface area contributed by atoms with Crippen LogP contribution in [0.4, 0.5) is 0 Å². The molecule has 96 valence electrons. The van der Waals surface area contributed by atoms with Crippen LogP contribution in [0.5, 0.6) is 0 Å². The molecule has 0 atom stereocenters. The summed E-state index contributed by atoms with van der Waals surface area (Å²) in [6.07, 6.45) is 2.54. The molecule has 0 aliphatic heterocycles. The Hall–Kier alpha value is -0.820. The fraction of sp³-hybridized carbons (Fsp3) is 0.625. The zero-order valence-corrected chi connectivity index (χ0v) is 11.9. The minimum Gasteiger partial charge on any atom is -0.299 e. The predicted octanol–water partition coefficient (Wildman–Crippen LogP) is 4.25. The van der Waals surface area contributed by atoms with E-state index < -0.39 is 0 Å². The summed E-state index contributed by atoms with van der Waals surface area (Å²) in [6.45, 7) is 12.6. The van der Waals surface area contributed by atoms with E-state index in [-0.39, 0.29) is 0 Å². The molecule has 0 aliphatic carbocycles. The lowest BCUT2D eigenvalue weighted by Gasteiger charge is -2.22. The molecule has 0 amide bonds. The first-order valence-corrected chi connectivity index (χ1v) is 6.89. The molecule has 0 radical (unpaired) electrons.